The predicted octanol–water partition coefficient (Wildman–Crippen LogP) is 1.99. The van der Waals surface area contributed by atoms with Gasteiger partial charge in [-0.05, 0) is 37.0 Å². The smallest absolute Gasteiger partial charge is 0.312 e. The summed E-state index contributed by atoms with van der Waals surface area (Å²) in [6.07, 6.45) is 4.77. The number of hydrogen-bond acceptors (Lipinski definition) is 6. The molecule has 7 amide bonds. The Kier molecular flexibility index (Phi) is 18.5. The summed E-state index contributed by atoms with van der Waals surface area (Å²) < 4.78 is 0. The highest BCUT2D eigenvalue weighted by atomic mass is 16.2. The van der Waals surface area contributed by atoms with E-state index in [-0.39, 0.29) is 25.9 Å². The lowest BCUT2D eigenvalue weighted by molar-refractivity contribution is -0.137. The normalized spacial score (nSPS) is 12.3. The average molecular weight is 561 g/mol. The number of rotatable bonds is 13. The molecule has 0 saturated carbocycles. The standard InChI is InChI=1S/C23H30N6O6.C3H8.C2H6/c1-2-15-5-7-16(8-6-15)27-22(34)17(4-3-12-25-23(24)35)28-19(31)14-26-18(30)11-13-29-20(32)9-10-21(29)33;1-3-2;1-2/h5-10,17H,2-4,11-14H2,1H3,(H,26,30)(H,27,34)(H,28,31)(H3,24,25,35);3H2,1-2H3;1-2H3. The summed E-state index contributed by atoms with van der Waals surface area (Å²) in [7, 11) is 0. The van der Waals surface area contributed by atoms with Crippen molar-refractivity contribution in [3.05, 3.63) is 42.0 Å². The molecule has 0 saturated heterocycles. The highest BCUT2D eigenvalue weighted by Gasteiger charge is 2.24. The van der Waals surface area contributed by atoms with E-state index in [9.17, 15) is 28.8 Å². The molecule has 0 aromatic heterocycles. The largest absolute Gasteiger partial charge is 0.352 e. The maximum Gasteiger partial charge on any atom is 0.312 e. The van der Waals surface area contributed by atoms with Crippen LogP contribution in [0.15, 0.2) is 36.4 Å². The molecule has 1 heterocycles. The second-order valence-corrected chi connectivity index (χ2v) is 8.49. The Labute approximate surface area is 236 Å². The van der Waals surface area contributed by atoms with Crippen LogP contribution < -0.4 is 27.0 Å². The lowest BCUT2D eigenvalue weighted by Gasteiger charge is -2.19. The van der Waals surface area contributed by atoms with Gasteiger partial charge in [-0.1, -0.05) is 53.2 Å². The van der Waals surface area contributed by atoms with Crippen molar-refractivity contribution in [2.75, 3.05) is 25.0 Å². The molecule has 1 aliphatic heterocycles. The summed E-state index contributed by atoms with van der Waals surface area (Å²) in [6, 6.07) is 5.67. The van der Waals surface area contributed by atoms with E-state index in [1.807, 2.05) is 32.9 Å². The van der Waals surface area contributed by atoms with E-state index in [1.54, 1.807) is 12.1 Å². The van der Waals surface area contributed by atoms with Gasteiger partial charge in [0.1, 0.15) is 6.04 Å². The number of amides is 7. The van der Waals surface area contributed by atoms with Crippen LogP contribution in [0.3, 0.4) is 0 Å². The van der Waals surface area contributed by atoms with Crippen LogP contribution in [0.5, 0.6) is 0 Å². The van der Waals surface area contributed by atoms with Gasteiger partial charge in [-0.3, -0.25) is 28.9 Å². The van der Waals surface area contributed by atoms with Gasteiger partial charge in [0, 0.05) is 37.3 Å². The van der Waals surface area contributed by atoms with Crippen molar-refractivity contribution in [2.24, 2.45) is 5.73 Å². The van der Waals surface area contributed by atoms with Crippen molar-refractivity contribution in [3.63, 3.8) is 0 Å². The summed E-state index contributed by atoms with van der Waals surface area (Å²) >= 11 is 0. The number of hydrogen-bond donors (Lipinski definition) is 5. The first kappa shape index (κ1) is 35.8. The monoisotopic (exact) mass is 560 g/mol. The number of nitrogens with one attached hydrogen (secondary N) is 4. The van der Waals surface area contributed by atoms with Crippen LogP contribution in [0, 0.1) is 0 Å². The minimum atomic E-state index is -0.925. The molecule has 222 valence electrons. The van der Waals surface area contributed by atoms with Crippen molar-refractivity contribution in [1.82, 2.24) is 20.9 Å². The van der Waals surface area contributed by atoms with E-state index < -0.39 is 48.2 Å². The zero-order valence-electron chi connectivity index (χ0n) is 24.2. The number of aryl methyl sites for hydroxylation is 1. The molecule has 1 aromatic carbocycles. The molecule has 0 radical (unpaired) electrons. The van der Waals surface area contributed by atoms with Crippen LogP contribution in [0.25, 0.3) is 0 Å². The number of nitrogens with zero attached hydrogens (tertiary/aromatic N) is 1. The molecule has 0 spiro atoms. The van der Waals surface area contributed by atoms with Crippen LogP contribution in [-0.2, 0) is 30.4 Å². The fourth-order valence-corrected chi connectivity index (χ4v) is 3.22. The quantitative estimate of drug-likeness (QED) is 0.182. The summed E-state index contributed by atoms with van der Waals surface area (Å²) in [5.74, 6) is -2.58. The molecular formula is C28H44N6O6. The fourth-order valence-electron chi connectivity index (χ4n) is 3.22. The van der Waals surface area contributed by atoms with E-state index >= 15 is 0 Å². The summed E-state index contributed by atoms with van der Waals surface area (Å²) in [5, 5.41) is 10.1. The van der Waals surface area contributed by atoms with Crippen LogP contribution in [0.4, 0.5) is 10.5 Å². The summed E-state index contributed by atoms with van der Waals surface area (Å²) in [6.45, 7) is 9.99. The molecule has 6 N–H and O–H groups in total. The summed E-state index contributed by atoms with van der Waals surface area (Å²) in [4.78, 5) is 72.0. The number of anilines is 1. The van der Waals surface area contributed by atoms with Crippen LogP contribution in [0.1, 0.15) is 65.9 Å². The molecule has 0 fully saturated rings. The van der Waals surface area contributed by atoms with E-state index in [0.29, 0.717) is 12.1 Å². The molecule has 0 bridgehead atoms. The molecule has 1 atom stereocenters. The average Bonchev–Trinajstić information content (AvgIpc) is 3.26. The zero-order valence-corrected chi connectivity index (χ0v) is 24.2. The van der Waals surface area contributed by atoms with E-state index in [0.717, 1.165) is 29.0 Å². The van der Waals surface area contributed by atoms with Gasteiger partial charge in [-0.15, -0.1) is 0 Å². The van der Waals surface area contributed by atoms with Gasteiger partial charge in [-0.2, -0.15) is 0 Å². The molecule has 0 aliphatic carbocycles. The number of primary amides is 1. The second-order valence-electron chi connectivity index (χ2n) is 8.49. The molecule has 12 nitrogen and oxygen atoms in total. The molecule has 1 aliphatic rings. The van der Waals surface area contributed by atoms with Crippen molar-refractivity contribution < 1.29 is 28.8 Å². The van der Waals surface area contributed by atoms with Gasteiger partial charge in [0.15, 0.2) is 0 Å². The van der Waals surface area contributed by atoms with Gasteiger partial charge >= 0.3 is 6.03 Å². The lowest BCUT2D eigenvalue weighted by Crippen LogP contribution is -2.48. The third-order valence-corrected chi connectivity index (χ3v) is 5.16. The Morgan fingerprint density at radius 3 is 2.00 bits per heavy atom. The Bertz CT molecular complexity index is 991. The van der Waals surface area contributed by atoms with Crippen molar-refractivity contribution in [3.8, 4) is 0 Å². The van der Waals surface area contributed by atoms with E-state index in [1.165, 1.54) is 6.42 Å². The van der Waals surface area contributed by atoms with Crippen LogP contribution >= 0.6 is 0 Å². The maximum atomic E-state index is 12.8. The minimum Gasteiger partial charge on any atom is -0.352 e. The first-order chi connectivity index (χ1) is 19.1. The Balaban J connectivity index is 0.00000284. The molecule has 1 aromatic rings. The number of imide groups is 1. The number of carbonyl (C=O) groups excluding carboxylic acids is 6. The van der Waals surface area contributed by atoms with Gasteiger partial charge in [-0.25, -0.2) is 4.79 Å². The first-order valence-corrected chi connectivity index (χ1v) is 13.6. The Hall–Kier alpha value is -4.22. The molecule has 2 rings (SSSR count). The van der Waals surface area contributed by atoms with Crippen LogP contribution in [0.2, 0.25) is 0 Å². The highest BCUT2D eigenvalue weighted by molar-refractivity contribution is 6.13. The molecule has 1 unspecified atom stereocenters. The number of nitrogens with two attached hydrogens (primary N) is 1. The number of urea groups is 1. The highest BCUT2D eigenvalue weighted by Crippen LogP contribution is 2.11. The van der Waals surface area contributed by atoms with Gasteiger partial charge in [0.25, 0.3) is 11.8 Å². The van der Waals surface area contributed by atoms with Crippen LogP contribution in [-0.4, -0.2) is 66.1 Å². The molecule has 12 heteroatoms. The number of benzene rings is 1. The van der Waals surface area contributed by atoms with Crippen molar-refractivity contribution >= 4 is 41.3 Å². The molecule has 40 heavy (non-hydrogen) atoms. The minimum absolute atomic E-state index is 0.104. The predicted molar refractivity (Wildman–Crippen MR) is 154 cm³/mol. The molecular weight excluding hydrogens is 516 g/mol. The lowest BCUT2D eigenvalue weighted by atomic mass is 10.1. The van der Waals surface area contributed by atoms with E-state index in [4.69, 9.17) is 5.73 Å². The van der Waals surface area contributed by atoms with E-state index in [2.05, 4.69) is 35.1 Å². The Morgan fingerprint density at radius 2 is 1.48 bits per heavy atom. The van der Waals surface area contributed by atoms with Gasteiger partial charge < -0.3 is 27.0 Å². The SMILES string of the molecule is CC.CCC.CCc1ccc(NC(=O)C(CCCNC(N)=O)NC(=O)CNC(=O)CCN2C(=O)C=CC2=O)cc1. The summed E-state index contributed by atoms with van der Waals surface area (Å²) in [5.41, 5.74) is 6.71. The maximum absolute atomic E-state index is 12.8. The fraction of sp³-hybridized carbons (Fsp3) is 0.500. The Morgan fingerprint density at radius 1 is 0.900 bits per heavy atom. The number of carbonyl (C=O) groups is 6. The first-order valence-electron chi connectivity index (χ1n) is 13.6. The third kappa shape index (κ3) is 14.6. The van der Waals surface area contributed by atoms with Gasteiger partial charge in [0.05, 0.1) is 6.54 Å². The van der Waals surface area contributed by atoms with Crippen molar-refractivity contribution in [1.29, 1.82) is 0 Å². The second kappa shape index (κ2) is 20.7. The zero-order chi connectivity index (χ0) is 30.5. The van der Waals surface area contributed by atoms with Gasteiger partial charge in [0.2, 0.25) is 17.7 Å². The third-order valence-electron chi connectivity index (χ3n) is 5.16. The topological polar surface area (TPSA) is 180 Å². The van der Waals surface area contributed by atoms with Crippen molar-refractivity contribution in [2.45, 2.75) is 72.8 Å².